The van der Waals surface area contributed by atoms with E-state index in [2.05, 4.69) is 5.32 Å². The van der Waals surface area contributed by atoms with Crippen LogP contribution in [0, 0.1) is 0 Å². The number of nitrogens with zero attached hydrogens (tertiary/aromatic N) is 1. The van der Waals surface area contributed by atoms with Gasteiger partial charge in [0.25, 0.3) is 0 Å². The molecule has 1 aliphatic heterocycles. The number of carbonyl (C=O) groups excluding carboxylic acids is 1. The number of anilines is 1. The predicted molar refractivity (Wildman–Crippen MR) is 87.4 cm³/mol. The minimum Gasteiger partial charge on any atom is -0.351 e. The molecule has 1 saturated heterocycles. The van der Waals surface area contributed by atoms with Gasteiger partial charge < -0.3 is 4.84 Å². The summed E-state index contributed by atoms with van der Waals surface area (Å²) in [7, 11) is 0. The first kappa shape index (κ1) is 14.6. The molecule has 4 heteroatoms. The Morgan fingerprint density at radius 3 is 2.36 bits per heavy atom. The Morgan fingerprint density at radius 2 is 1.59 bits per heavy atom. The molecule has 22 heavy (non-hydrogen) atoms. The van der Waals surface area contributed by atoms with E-state index in [4.69, 9.17) is 4.84 Å². The third kappa shape index (κ3) is 3.65. The summed E-state index contributed by atoms with van der Waals surface area (Å²) < 4.78 is 0. The first-order valence-electron chi connectivity index (χ1n) is 7.71. The fourth-order valence-corrected chi connectivity index (χ4v) is 2.67. The van der Waals surface area contributed by atoms with Crippen LogP contribution in [0.25, 0.3) is 11.1 Å². The van der Waals surface area contributed by atoms with Crippen molar-refractivity contribution in [3.05, 3.63) is 54.6 Å². The van der Waals surface area contributed by atoms with E-state index in [-0.39, 0.29) is 0 Å². The summed E-state index contributed by atoms with van der Waals surface area (Å²) >= 11 is 0. The van der Waals surface area contributed by atoms with Crippen LogP contribution < -0.4 is 5.32 Å². The molecule has 0 atom stereocenters. The highest BCUT2D eigenvalue weighted by Gasteiger charge is 2.16. The van der Waals surface area contributed by atoms with Crippen molar-refractivity contribution in [3.63, 3.8) is 0 Å². The van der Waals surface area contributed by atoms with E-state index in [1.807, 2.05) is 54.6 Å². The SMILES string of the molecule is O=C(Nc1ccccc1-c1ccccc1)ON1CCCCC1. The van der Waals surface area contributed by atoms with Crippen LogP contribution in [-0.2, 0) is 4.84 Å². The zero-order valence-electron chi connectivity index (χ0n) is 12.5. The zero-order valence-corrected chi connectivity index (χ0v) is 12.5. The number of carbonyl (C=O) groups is 1. The van der Waals surface area contributed by atoms with Crippen molar-refractivity contribution in [2.45, 2.75) is 19.3 Å². The number of hydroxylamine groups is 2. The summed E-state index contributed by atoms with van der Waals surface area (Å²) in [5, 5.41) is 4.59. The molecule has 0 aliphatic carbocycles. The fraction of sp³-hybridized carbons (Fsp3) is 0.278. The highest BCUT2D eigenvalue weighted by Crippen LogP contribution is 2.27. The smallest absolute Gasteiger partial charge is 0.351 e. The van der Waals surface area contributed by atoms with Gasteiger partial charge >= 0.3 is 6.09 Å². The summed E-state index contributed by atoms with van der Waals surface area (Å²) in [6, 6.07) is 17.7. The molecule has 0 saturated carbocycles. The number of para-hydroxylation sites is 1. The highest BCUT2D eigenvalue weighted by atomic mass is 16.7. The third-order valence-corrected chi connectivity index (χ3v) is 3.78. The van der Waals surface area contributed by atoms with E-state index in [1.54, 1.807) is 5.06 Å². The Morgan fingerprint density at radius 1 is 0.909 bits per heavy atom. The van der Waals surface area contributed by atoms with E-state index < -0.39 is 6.09 Å². The van der Waals surface area contributed by atoms with Crippen molar-refractivity contribution in [2.75, 3.05) is 18.4 Å². The second-order valence-electron chi connectivity index (χ2n) is 5.41. The zero-order chi connectivity index (χ0) is 15.2. The molecule has 0 unspecified atom stereocenters. The van der Waals surface area contributed by atoms with Gasteiger partial charge in [0, 0.05) is 18.7 Å². The largest absolute Gasteiger partial charge is 0.430 e. The lowest BCUT2D eigenvalue weighted by molar-refractivity contribution is -0.105. The van der Waals surface area contributed by atoms with Crippen LogP contribution in [-0.4, -0.2) is 24.2 Å². The molecule has 1 heterocycles. The maximum Gasteiger partial charge on any atom is 0.430 e. The number of nitrogens with one attached hydrogen (secondary N) is 1. The first-order chi connectivity index (χ1) is 10.8. The number of amides is 1. The molecule has 1 fully saturated rings. The molecule has 114 valence electrons. The fourth-order valence-electron chi connectivity index (χ4n) is 2.67. The van der Waals surface area contributed by atoms with Crippen LogP contribution in [0.3, 0.4) is 0 Å². The number of rotatable bonds is 3. The average molecular weight is 296 g/mol. The molecule has 1 amide bonds. The molecule has 1 aliphatic rings. The van der Waals surface area contributed by atoms with Gasteiger partial charge in [-0.15, -0.1) is 5.06 Å². The van der Waals surface area contributed by atoms with Gasteiger partial charge in [-0.3, -0.25) is 5.32 Å². The van der Waals surface area contributed by atoms with Crippen LogP contribution in [0.4, 0.5) is 10.5 Å². The Balaban J connectivity index is 1.71. The third-order valence-electron chi connectivity index (χ3n) is 3.78. The van der Waals surface area contributed by atoms with Gasteiger partial charge in [0.15, 0.2) is 0 Å². The molecule has 0 spiro atoms. The van der Waals surface area contributed by atoms with Gasteiger partial charge in [-0.1, -0.05) is 55.0 Å². The van der Waals surface area contributed by atoms with E-state index in [9.17, 15) is 4.79 Å². The monoisotopic (exact) mass is 296 g/mol. The Bertz CT molecular complexity index is 622. The molecular weight excluding hydrogens is 276 g/mol. The molecule has 4 nitrogen and oxygen atoms in total. The second kappa shape index (κ2) is 7.09. The molecule has 0 aromatic heterocycles. The number of benzene rings is 2. The Hall–Kier alpha value is -2.33. The van der Waals surface area contributed by atoms with Crippen LogP contribution in [0.1, 0.15) is 19.3 Å². The molecule has 0 bridgehead atoms. The van der Waals surface area contributed by atoms with Crippen molar-refractivity contribution in [1.82, 2.24) is 5.06 Å². The maximum atomic E-state index is 12.1. The first-order valence-corrected chi connectivity index (χ1v) is 7.71. The number of hydrogen-bond donors (Lipinski definition) is 1. The summed E-state index contributed by atoms with van der Waals surface area (Å²) in [4.78, 5) is 17.5. The van der Waals surface area contributed by atoms with Crippen molar-refractivity contribution < 1.29 is 9.63 Å². The molecule has 3 rings (SSSR count). The minimum absolute atomic E-state index is 0.426. The van der Waals surface area contributed by atoms with Gasteiger partial charge in [-0.2, -0.15) is 0 Å². The lowest BCUT2D eigenvalue weighted by atomic mass is 10.0. The van der Waals surface area contributed by atoms with Gasteiger partial charge in [0.05, 0.1) is 5.69 Å². The van der Waals surface area contributed by atoms with E-state index in [1.165, 1.54) is 6.42 Å². The Kier molecular flexibility index (Phi) is 4.71. The molecule has 2 aromatic rings. The summed E-state index contributed by atoms with van der Waals surface area (Å²) in [5.74, 6) is 0. The van der Waals surface area contributed by atoms with Crippen molar-refractivity contribution >= 4 is 11.8 Å². The van der Waals surface area contributed by atoms with E-state index >= 15 is 0 Å². The van der Waals surface area contributed by atoms with Crippen molar-refractivity contribution in [1.29, 1.82) is 0 Å². The topological polar surface area (TPSA) is 41.6 Å². The predicted octanol–water partition coefficient (Wildman–Crippen LogP) is 4.30. The maximum absolute atomic E-state index is 12.1. The number of hydrogen-bond acceptors (Lipinski definition) is 3. The van der Waals surface area contributed by atoms with Crippen LogP contribution in [0.2, 0.25) is 0 Å². The van der Waals surface area contributed by atoms with Crippen molar-refractivity contribution in [3.8, 4) is 11.1 Å². The van der Waals surface area contributed by atoms with Crippen LogP contribution in [0.5, 0.6) is 0 Å². The van der Waals surface area contributed by atoms with Crippen LogP contribution >= 0.6 is 0 Å². The molecular formula is C18H20N2O2. The van der Waals surface area contributed by atoms with Gasteiger partial charge in [-0.25, -0.2) is 4.79 Å². The summed E-state index contributed by atoms with van der Waals surface area (Å²) in [6.45, 7) is 1.63. The quantitative estimate of drug-likeness (QED) is 0.918. The van der Waals surface area contributed by atoms with Gasteiger partial charge in [0.2, 0.25) is 0 Å². The van der Waals surface area contributed by atoms with E-state index in [0.29, 0.717) is 0 Å². The highest BCUT2D eigenvalue weighted by molar-refractivity contribution is 5.91. The standard InChI is InChI=1S/C18H20N2O2/c21-18(22-20-13-7-2-8-14-20)19-17-12-6-5-11-16(17)15-9-3-1-4-10-15/h1,3-6,9-12H,2,7-8,13-14H2,(H,19,21). The lowest BCUT2D eigenvalue weighted by Gasteiger charge is -2.25. The average Bonchev–Trinajstić information content (AvgIpc) is 2.57. The van der Waals surface area contributed by atoms with Crippen molar-refractivity contribution in [2.24, 2.45) is 0 Å². The number of piperidine rings is 1. The van der Waals surface area contributed by atoms with Gasteiger partial charge in [-0.05, 0) is 24.5 Å². The van der Waals surface area contributed by atoms with Gasteiger partial charge in [0.1, 0.15) is 0 Å². The Labute approximate surface area is 130 Å². The molecule has 2 aromatic carbocycles. The second-order valence-corrected chi connectivity index (χ2v) is 5.41. The minimum atomic E-state index is -0.426. The van der Waals surface area contributed by atoms with Crippen LogP contribution in [0.15, 0.2) is 54.6 Å². The van der Waals surface area contributed by atoms with E-state index in [0.717, 1.165) is 42.7 Å². The summed E-state index contributed by atoms with van der Waals surface area (Å²) in [5.41, 5.74) is 2.81. The normalized spacial score (nSPS) is 15.3. The molecule has 1 N–H and O–H groups in total. The molecule has 0 radical (unpaired) electrons. The lowest BCUT2D eigenvalue weighted by Crippen LogP contribution is -2.34. The summed E-state index contributed by atoms with van der Waals surface area (Å²) in [6.07, 6.45) is 2.94.